The van der Waals surface area contributed by atoms with E-state index in [0.717, 1.165) is 16.6 Å². The molecule has 0 aliphatic carbocycles. The Morgan fingerprint density at radius 3 is 2.69 bits per heavy atom. The Balaban J connectivity index is 1.69. The van der Waals surface area contributed by atoms with Gasteiger partial charge >= 0.3 is 0 Å². The second kappa shape index (κ2) is 7.53. The van der Waals surface area contributed by atoms with Crippen molar-refractivity contribution in [3.05, 3.63) is 64.1 Å². The first-order chi connectivity index (χ1) is 12.4. The average Bonchev–Trinajstić information content (AvgIpc) is 2.97. The van der Waals surface area contributed by atoms with E-state index in [1.165, 1.54) is 6.07 Å². The lowest BCUT2D eigenvalue weighted by atomic mass is 10.0. The molecule has 0 spiro atoms. The van der Waals surface area contributed by atoms with E-state index in [-0.39, 0.29) is 30.3 Å². The van der Waals surface area contributed by atoms with E-state index in [9.17, 15) is 18.4 Å². The van der Waals surface area contributed by atoms with Gasteiger partial charge in [0.2, 0.25) is 11.8 Å². The summed E-state index contributed by atoms with van der Waals surface area (Å²) < 4.78 is 27.7. The smallest absolute Gasteiger partial charge is 0.227 e. The number of hydrogen-bond acceptors (Lipinski definition) is 2. The summed E-state index contributed by atoms with van der Waals surface area (Å²) in [7, 11) is 0. The number of nitrogens with one attached hydrogen (secondary N) is 1. The molecule has 1 saturated heterocycles. The quantitative estimate of drug-likeness (QED) is 0.810. The Labute approximate surface area is 158 Å². The molecule has 1 heterocycles. The third-order valence-corrected chi connectivity index (χ3v) is 5.10. The van der Waals surface area contributed by atoms with Crippen molar-refractivity contribution in [3.63, 3.8) is 0 Å². The minimum absolute atomic E-state index is 0.0891. The van der Waals surface area contributed by atoms with Gasteiger partial charge in [0, 0.05) is 29.1 Å². The number of carbonyl (C=O) groups is 2. The fourth-order valence-electron chi connectivity index (χ4n) is 3.05. The molecule has 0 saturated carbocycles. The van der Waals surface area contributed by atoms with Crippen molar-refractivity contribution in [2.75, 3.05) is 11.4 Å². The van der Waals surface area contributed by atoms with Crippen LogP contribution >= 0.6 is 15.9 Å². The first-order valence-electron chi connectivity index (χ1n) is 8.17. The maximum Gasteiger partial charge on any atom is 0.227 e. The van der Waals surface area contributed by atoms with Crippen molar-refractivity contribution in [1.82, 2.24) is 5.32 Å². The highest BCUT2D eigenvalue weighted by Crippen LogP contribution is 2.31. The van der Waals surface area contributed by atoms with Gasteiger partial charge in [-0.25, -0.2) is 8.78 Å². The van der Waals surface area contributed by atoms with Gasteiger partial charge in [-0.3, -0.25) is 9.59 Å². The van der Waals surface area contributed by atoms with Crippen molar-refractivity contribution in [3.8, 4) is 0 Å². The molecular formula is C19H17BrF2N2O2. The number of hydrogen-bond donors (Lipinski definition) is 1. The number of amides is 2. The van der Waals surface area contributed by atoms with Crippen LogP contribution in [0.2, 0.25) is 0 Å². The predicted octanol–water partition coefficient (Wildman–Crippen LogP) is 3.96. The number of nitrogens with zero attached hydrogens (tertiary/aromatic N) is 1. The topological polar surface area (TPSA) is 49.4 Å². The second-order valence-electron chi connectivity index (χ2n) is 6.25. The SMILES string of the molecule is C[C@H](NC(=O)[C@H]1CC(=O)N(c2ccccc2Br)C1)c1ccc(F)cc1F. The van der Waals surface area contributed by atoms with E-state index in [0.29, 0.717) is 5.69 Å². The lowest BCUT2D eigenvalue weighted by molar-refractivity contribution is -0.126. The van der Waals surface area contributed by atoms with Crippen molar-refractivity contribution >= 4 is 33.4 Å². The van der Waals surface area contributed by atoms with Crippen LogP contribution in [0.5, 0.6) is 0 Å². The number of benzene rings is 2. The van der Waals surface area contributed by atoms with Gasteiger partial charge in [-0.15, -0.1) is 0 Å². The monoisotopic (exact) mass is 422 g/mol. The van der Waals surface area contributed by atoms with E-state index >= 15 is 0 Å². The molecule has 2 amide bonds. The molecule has 1 aliphatic heterocycles. The van der Waals surface area contributed by atoms with Crippen LogP contribution in [-0.4, -0.2) is 18.4 Å². The summed E-state index contributed by atoms with van der Waals surface area (Å²) in [6, 6.07) is 9.91. The summed E-state index contributed by atoms with van der Waals surface area (Å²) in [5, 5.41) is 2.71. The average molecular weight is 423 g/mol. The minimum atomic E-state index is -0.713. The maximum atomic E-state index is 13.9. The molecule has 0 bridgehead atoms. The molecular weight excluding hydrogens is 406 g/mol. The Kier molecular flexibility index (Phi) is 5.36. The number of para-hydroxylation sites is 1. The van der Waals surface area contributed by atoms with Crippen LogP contribution < -0.4 is 10.2 Å². The molecule has 1 N–H and O–H groups in total. The van der Waals surface area contributed by atoms with Crippen LogP contribution in [0.25, 0.3) is 0 Å². The minimum Gasteiger partial charge on any atom is -0.349 e. The van der Waals surface area contributed by atoms with Gasteiger partial charge in [0.25, 0.3) is 0 Å². The highest BCUT2D eigenvalue weighted by atomic mass is 79.9. The summed E-state index contributed by atoms with van der Waals surface area (Å²) >= 11 is 3.41. The van der Waals surface area contributed by atoms with Crippen LogP contribution in [0.1, 0.15) is 24.9 Å². The largest absolute Gasteiger partial charge is 0.349 e. The van der Waals surface area contributed by atoms with Crippen molar-refractivity contribution in [2.45, 2.75) is 19.4 Å². The van der Waals surface area contributed by atoms with Crippen LogP contribution in [0.15, 0.2) is 46.9 Å². The zero-order valence-corrected chi connectivity index (χ0v) is 15.6. The van der Waals surface area contributed by atoms with Gasteiger partial charge in [-0.2, -0.15) is 0 Å². The summed E-state index contributed by atoms with van der Waals surface area (Å²) in [5.41, 5.74) is 0.914. The molecule has 0 unspecified atom stereocenters. The lowest BCUT2D eigenvalue weighted by Crippen LogP contribution is -2.35. The predicted molar refractivity (Wildman–Crippen MR) is 97.5 cm³/mol. The lowest BCUT2D eigenvalue weighted by Gasteiger charge is -2.20. The highest BCUT2D eigenvalue weighted by molar-refractivity contribution is 9.10. The molecule has 4 nitrogen and oxygen atoms in total. The molecule has 1 aliphatic rings. The molecule has 2 aromatic carbocycles. The molecule has 0 aromatic heterocycles. The van der Waals surface area contributed by atoms with Crippen molar-refractivity contribution in [2.24, 2.45) is 5.92 Å². The summed E-state index contributed by atoms with van der Waals surface area (Å²) in [6.45, 7) is 1.88. The normalized spacial score (nSPS) is 18.1. The third-order valence-electron chi connectivity index (χ3n) is 4.43. The van der Waals surface area contributed by atoms with Crippen LogP contribution in [-0.2, 0) is 9.59 Å². The summed E-state index contributed by atoms with van der Waals surface area (Å²) in [6.07, 6.45) is 0.0891. The van der Waals surface area contributed by atoms with Gasteiger partial charge < -0.3 is 10.2 Å². The first kappa shape index (κ1) is 18.5. The molecule has 26 heavy (non-hydrogen) atoms. The molecule has 7 heteroatoms. The van der Waals surface area contributed by atoms with Gasteiger partial charge in [0.1, 0.15) is 11.6 Å². The van der Waals surface area contributed by atoms with E-state index in [4.69, 9.17) is 0 Å². The van der Waals surface area contributed by atoms with Crippen LogP contribution in [0.3, 0.4) is 0 Å². The summed E-state index contributed by atoms with van der Waals surface area (Å²) in [5.74, 6) is -2.38. The third kappa shape index (κ3) is 3.77. The molecule has 2 atom stereocenters. The van der Waals surface area contributed by atoms with Gasteiger partial charge in [0.15, 0.2) is 0 Å². The number of carbonyl (C=O) groups excluding carboxylic acids is 2. The maximum absolute atomic E-state index is 13.9. The van der Waals surface area contributed by atoms with Gasteiger partial charge in [0.05, 0.1) is 17.6 Å². The van der Waals surface area contributed by atoms with Crippen LogP contribution in [0.4, 0.5) is 14.5 Å². The first-order valence-corrected chi connectivity index (χ1v) is 8.96. The Morgan fingerprint density at radius 2 is 2.00 bits per heavy atom. The van der Waals surface area contributed by atoms with E-state index in [1.807, 2.05) is 18.2 Å². The number of rotatable bonds is 4. The molecule has 2 aromatic rings. The van der Waals surface area contributed by atoms with E-state index < -0.39 is 23.6 Å². The molecule has 1 fully saturated rings. The van der Waals surface area contributed by atoms with Crippen molar-refractivity contribution in [1.29, 1.82) is 0 Å². The fourth-order valence-corrected chi connectivity index (χ4v) is 3.55. The van der Waals surface area contributed by atoms with Gasteiger partial charge in [-0.05, 0) is 41.1 Å². The Morgan fingerprint density at radius 1 is 1.27 bits per heavy atom. The molecule has 0 radical (unpaired) electrons. The van der Waals surface area contributed by atoms with E-state index in [1.54, 1.807) is 17.9 Å². The molecule has 136 valence electrons. The number of anilines is 1. The zero-order chi connectivity index (χ0) is 18.8. The summed E-state index contributed by atoms with van der Waals surface area (Å²) in [4.78, 5) is 26.4. The highest BCUT2D eigenvalue weighted by Gasteiger charge is 2.36. The van der Waals surface area contributed by atoms with Gasteiger partial charge in [-0.1, -0.05) is 18.2 Å². The Bertz CT molecular complexity index is 859. The van der Waals surface area contributed by atoms with Crippen LogP contribution in [0, 0.1) is 17.6 Å². The second-order valence-corrected chi connectivity index (χ2v) is 7.11. The Hall–Kier alpha value is -2.28. The molecule has 3 rings (SSSR count). The standard InChI is InChI=1S/C19H17BrF2N2O2/c1-11(14-7-6-13(21)9-16(14)22)23-19(26)12-8-18(25)24(10-12)17-5-3-2-4-15(17)20/h2-7,9,11-12H,8,10H2,1H3,(H,23,26)/t11-,12-/m0/s1. The van der Waals surface area contributed by atoms with E-state index in [2.05, 4.69) is 21.2 Å². The number of halogens is 3. The zero-order valence-electron chi connectivity index (χ0n) is 14.0. The fraction of sp³-hybridized carbons (Fsp3) is 0.263. The van der Waals surface area contributed by atoms with Crippen molar-refractivity contribution < 1.29 is 18.4 Å².